The Bertz CT molecular complexity index is 459. The van der Waals surface area contributed by atoms with Crippen LogP contribution in [-0.4, -0.2) is 23.3 Å². The zero-order valence-electron chi connectivity index (χ0n) is 12.0. The lowest BCUT2D eigenvalue weighted by atomic mass is 9.93. The number of Topliss-reactive ketones (excluding diaryl/α,β-unsaturated/α-hetero) is 1. The maximum Gasteiger partial charge on any atom is 0.133 e. The summed E-state index contributed by atoms with van der Waals surface area (Å²) < 4.78 is 1.37. The van der Waals surface area contributed by atoms with E-state index in [0.29, 0.717) is 11.8 Å². The summed E-state index contributed by atoms with van der Waals surface area (Å²) in [5.41, 5.74) is 1.35. The molecule has 0 unspecified atom stereocenters. The van der Waals surface area contributed by atoms with Crippen molar-refractivity contribution in [3.8, 4) is 0 Å². The Morgan fingerprint density at radius 1 is 1.30 bits per heavy atom. The Labute approximate surface area is 135 Å². The summed E-state index contributed by atoms with van der Waals surface area (Å²) in [7, 11) is 0. The number of ketones is 1. The van der Waals surface area contributed by atoms with Gasteiger partial charge < -0.3 is 0 Å². The van der Waals surface area contributed by atoms with Gasteiger partial charge in [-0.15, -0.1) is 0 Å². The molecule has 3 heteroatoms. The topological polar surface area (TPSA) is 20.3 Å². The van der Waals surface area contributed by atoms with Gasteiger partial charge in [-0.1, -0.05) is 36.4 Å². The molecule has 0 aromatic heterocycles. The molecule has 2 nitrogen and oxygen atoms in total. The fourth-order valence-corrected chi connectivity index (χ4v) is 3.15. The lowest BCUT2D eigenvalue weighted by molar-refractivity contribution is -0.121. The van der Waals surface area contributed by atoms with Gasteiger partial charge in [0.1, 0.15) is 5.78 Å². The van der Waals surface area contributed by atoms with Crippen molar-refractivity contribution in [2.75, 3.05) is 6.54 Å². The maximum absolute atomic E-state index is 11.4. The largest absolute Gasteiger partial charge is 0.300 e. The lowest BCUT2D eigenvalue weighted by Gasteiger charge is -2.34. The van der Waals surface area contributed by atoms with Crippen molar-refractivity contribution in [1.29, 1.82) is 0 Å². The van der Waals surface area contributed by atoms with Gasteiger partial charge in [0.05, 0.1) is 0 Å². The number of rotatable bonds is 5. The molecule has 1 saturated carbocycles. The summed E-state index contributed by atoms with van der Waals surface area (Å²) in [5.74, 6) is 0.432. The number of carbonyl (C=O) groups excluding carboxylic acids is 1. The normalized spacial score (nSPS) is 17.8. The van der Waals surface area contributed by atoms with Crippen molar-refractivity contribution < 1.29 is 4.79 Å². The maximum atomic E-state index is 11.4. The van der Waals surface area contributed by atoms with Crippen LogP contribution in [0.25, 0.3) is 0 Å². The minimum Gasteiger partial charge on any atom is -0.300 e. The number of allylic oxidation sites excluding steroid dienone is 1. The molecule has 1 aromatic carbocycles. The molecule has 0 atom stereocenters. The lowest BCUT2D eigenvalue weighted by Crippen LogP contribution is -2.38. The molecule has 0 radical (unpaired) electrons. The molecule has 0 bridgehead atoms. The van der Waals surface area contributed by atoms with Gasteiger partial charge in [0, 0.05) is 35.6 Å². The monoisotopic (exact) mass is 383 g/mol. The van der Waals surface area contributed by atoms with E-state index < -0.39 is 0 Å². The van der Waals surface area contributed by atoms with Crippen LogP contribution >= 0.6 is 22.6 Å². The Kier molecular flexibility index (Phi) is 6.23. The van der Waals surface area contributed by atoms with Crippen LogP contribution in [0.5, 0.6) is 0 Å². The average molecular weight is 383 g/mol. The summed E-state index contributed by atoms with van der Waals surface area (Å²) >= 11 is 2.42. The molecular weight excluding hydrogens is 361 g/mol. The van der Waals surface area contributed by atoms with E-state index in [1.165, 1.54) is 9.14 Å². The molecule has 108 valence electrons. The van der Waals surface area contributed by atoms with Crippen LogP contribution in [0.4, 0.5) is 0 Å². The first kappa shape index (κ1) is 15.7. The van der Waals surface area contributed by atoms with Gasteiger partial charge in [-0.3, -0.25) is 9.69 Å². The summed E-state index contributed by atoms with van der Waals surface area (Å²) in [6.07, 6.45) is 5.70. The molecule has 0 aliphatic heterocycles. The van der Waals surface area contributed by atoms with Gasteiger partial charge in [0.15, 0.2) is 0 Å². The van der Waals surface area contributed by atoms with Crippen molar-refractivity contribution >= 4 is 28.4 Å². The Morgan fingerprint density at radius 3 is 2.55 bits per heavy atom. The van der Waals surface area contributed by atoms with Crippen LogP contribution in [0.2, 0.25) is 0 Å². The van der Waals surface area contributed by atoms with E-state index in [0.717, 1.165) is 38.8 Å². The quantitative estimate of drug-likeness (QED) is 0.706. The minimum atomic E-state index is 0.432. The third-order valence-corrected chi connectivity index (χ3v) is 4.89. The van der Waals surface area contributed by atoms with Crippen LogP contribution in [-0.2, 0) is 11.3 Å². The second-order valence-electron chi connectivity index (χ2n) is 5.40. The summed E-state index contributed by atoms with van der Waals surface area (Å²) in [5, 5.41) is 0. The summed E-state index contributed by atoms with van der Waals surface area (Å²) in [4.78, 5) is 14.0. The highest BCUT2D eigenvalue weighted by Crippen LogP contribution is 2.24. The highest BCUT2D eigenvalue weighted by Gasteiger charge is 2.24. The Balaban J connectivity index is 2.06. The molecule has 1 aliphatic carbocycles. The predicted molar refractivity (Wildman–Crippen MR) is 91.9 cm³/mol. The summed E-state index contributed by atoms with van der Waals surface area (Å²) in [6.45, 7) is 4.05. The number of hydrogen-bond donors (Lipinski definition) is 0. The number of hydrogen-bond acceptors (Lipinski definition) is 2. The third-order valence-electron chi connectivity index (χ3n) is 3.93. The van der Waals surface area contributed by atoms with E-state index in [1.54, 1.807) is 0 Å². The molecule has 0 N–H and O–H groups in total. The van der Waals surface area contributed by atoms with Crippen molar-refractivity contribution in [2.24, 2.45) is 0 Å². The van der Waals surface area contributed by atoms with Gasteiger partial charge in [0.2, 0.25) is 0 Å². The Hall–Kier alpha value is -0.680. The Morgan fingerprint density at radius 2 is 1.95 bits per heavy atom. The van der Waals surface area contributed by atoms with Gasteiger partial charge in [-0.05, 0) is 47.9 Å². The van der Waals surface area contributed by atoms with Crippen molar-refractivity contribution in [1.82, 2.24) is 4.90 Å². The fourth-order valence-electron chi connectivity index (χ4n) is 2.71. The smallest absolute Gasteiger partial charge is 0.133 e. The standard InChI is InChI=1S/C17H22INO/c1-2-15(18)13-19(12-14-6-4-3-5-7-14)16-8-10-17(20)11-9-16/h2-7,16H,8-13H2,1H3/b15-2-. The third kappa shape index (κ3) is 4.70. The van der Waals surface area contributed by atoms with Crippen molar-refractivity contribution in [3.63, 3.8) is 0 Å². The van der Waals surface area contributed by atoms with E-state index in [-0.39, 0.29) is 0 Å². The van der Waals surface area contributed by atoms with E-state index >= 15 is 0 Å². The van der Waals surface area contributed by atoms with Crippen molar-refractivity contribution in [2.45, 2.75) is 45.2 Å². The molecule has 0 saturated heterocycles. The highest BCUT2D eigenvalue weighted by molar-refractivity contribution is 14.1. The minimum absolute atomic E-state index is 0.432. The molecule has 0 amide bonds. The highest BCUT2D eigenvalue weighted by atomic mass is 127. The van der Waals surface area contributed by atoms with Crippen LogP contribution in [0.3, 0.4) is 0 Å². The molecular formula is C17H22INO. The van der Waals surface area contributed by atoms with Crippen LogP contribution in [0.15, 0.2) is 40.0 Å². The fraction of sp³-hybridized carbons (Fsp3) is 0.471. The zero-order chi connectivity index (χ0) is 14.4. The molecule has 1 aliphatic rings. The second kappa shape index (κ2) is 7.93. The first-order chi connectivity index (χ1) is 9.69. The number of carbonyl (C=O) groups is 1. The number of halogens is 1. The molecule has 1 aromatic rings. The molecule has 20 heavy (non-hydrogen) atoms. The molecule has 0 spiro atoms. The van der Waals surface area contributed by atoms with Crippen molar-refractivity contribution in [3.05, 3.63) is 45.6 Å². The first-order valence-corrected chi connectivity index (χ1v) is 8.37. The van der Waals surface area contributed by atoms with Crippen LogP contribution in [0.1, 0.15) is 38.2 Å². The van der Waals surface area contributed by atoms with Gasteiger partial charge in [-0.2, -0.15) is 0 Å². The predicted octanol–water partition coefficient (Wildman–Crippen LogP) is 4.34. The second-order valence-corrected chi connectivity index (χ2v) is 6.78. The van der Waals surface area contributed by atoms with Crippen LogP contribution in [0, 0.1) is 0 Å². The number of nitrogens with zero attached hydrogens (tertiary/aromatic N) is 1. The molecule has 1 fully saturated rings. The molecule has 2 rings (SSSR count). The van der Waals surface area contributed by atoms with Gasteiger partial charge in [0.25, 0.3) is 0 Å². The SMILES string of the molecule is C/C=C(\I)CN(Cc1ccccc1)C1CCC(=O)CC1. The van der Waals surface area contributed by atoms with E-state index in [2.05, 4.69) is 70.8 Å². The van der Waals surface area contributed by atoms with Gasteiger partial charge >= 0.3 is 0 Å². The van der Waals surface area contributed by atoms with Gasteiger partial charge in [-0.25, -0.2) is 0 Å². The zero-order valence-corrected chi connectivity index (χ0v) is 14.2. The van der Waals surface area contributed by atoms with E-state index in [9.17, 15) is 4.79 Å². The van der Waals surface area contributed by atoms with Crippen LogP contribution < -0.4 is 0 Å². The molecule has 0 heterocycles. The summed E-state index contributed by atoms with van der Waals surface area (Å²) in [6, 6.07) is 11.2. The first-order valence-electron chi connectivity index (χ1n) is 7.29. The average Bonchev–Trinajstić information content (AvgIpc) is 2.48. The number of benzene rings is 1. The van der Waals surface area contributed by atoms with E-state index in [4.69, 9.17) is 0 Å². The van der Waals surface area contributed by atoms with E-state index in [1.807, 2.05) is 0 Å².